The predicted molar refractivity (Wildman–Crippen MR) is 68.3 cm³/mol. The smallest absolute Gasteiger partial charge is 0.194 e. The second-order valence-electron chi connectivity index (χ2n) is 4.17. The van der Waals surface area contributed by atoms with Gasteiger partial charge in [0, 0.05) is 5.56 Å². The molecule has 0 aliphatic carbocycles. The lowest BCUT2D eigenvalue weighted by atomic mass is 9.98. The number of halogens is 3. The first kappa shape index (κ1) is 13.6. The normalized spacial score (nSPS) is 12.4. The van der Waals surface area contributed by atoms with Gasteiger partial charge in [-0.3, -0.25) is 0 Å². The van der Waals surface area contributed by atoms with Gasteiger partial charge in [0.2, 0.25) is 0 Å². The Morgan fingerprint density at radius 1 is 0.947 bits per heavy atom. The van der Waals surface area contributed by atoms with Crippen molar-refractivity contribution in [3.8, 4) is 0 Å². The van der Waals surface area contributed by atoms with Crippen LogP contribution in [0.15, 0.2) is 42.5 Å². The largest absolute Gasteiger partial charge is 0.306 e. The highest BCUT2D eigenvalue weighted by molar-refractivity contribution is 5.33. The van der Waals surface area contributed by atoms with Gasteiger partial charge in [0.1, 0.15) is 0 Å². The molecule has 100 valence electrons. The summed E-state index contributed by atoms with van der Waals surface area (Å²) in [6, 6.07) is 10.8. The number of nitrogens with one attached hydrogen (secondary N) is 1. The van der Waals surface area contributed by atoms with Gasteiger partial charge in [-0.15, -0.1) is 0 Å². The average Bonchev–Trinajstić information content (AvgIpc) is 2.44. The molecule has 1 nitrogen and oxygen atoms in total. The molecule has 2 rings (SSSR count). The molecular formula is C15H14F3N. The lowest BCUT2D eigenvalue weighted by molar-refractivity contribution is 0.433. The fraction of sp³-hybridized carbons (Fsp3) is 0.200. The minimum Gasteiger partial charge on any atom is -0.306 e. The summed E-state index contributed by atoms with van der Waals surface area (Å²) in [6.07, 6.45) is 0. The van der Waals surface area contributed by atoms with Crippen LogP contribution in [0.4, 0.5) is 13.2 Å². The van der Waals surface area contributed by atoms with Crippen LogP contribution in [0.2, 0.25) is 0 Å². The van der Waals surface area contributed by atoms with E-state index in [0.29, 0.717) is 6.54 Å². The Morgan fingerprint density at radius 2 is 1.63 bits per heavy atom. The van der Waals surface area contributed by atoms with Crippen LogP contribution in [-0.2, 0) is 0 Å². The van der Waals surface area contributed by atoms with Gasteiger partial charge in [0.05, 0.1) is 6.04 Å². The van der Waals surface area contributed by atoms with Crippen LogP contribution in [0.25, 0.3) is 0 Å². The van der Waals surface area contributed by atoms with E-state index in [1.54, 1.807) is 0 Å². The lowest BCUT2D eigenvalue weighted by Crippen LogP contribution is -2.23. The van der Waals surface area contributed by atoms with Crippen LogP contribution in [0, 0.1) is 17.5 Å². The first-order valence-corrected chi connectivity index (χ1v) is 6.06. The number of hydrogen-bond donors (Lipinski definition) is 1. The summed E-state index contributed by atoms with van der Waals surface area (Å²) in [5, 5.41) is 3.07. The van der Waals surface area contributed by atoms with E-state index in [4.69, 9.17) is 0 Å². The lowest BCUT2D eigenvalue weighted by Gasteiger charge is -2.19. The number of benzene rings is 2. The van der Waals surface area contributed by atoms with E-state index < -0.39 is 23.5 Å². The molecular weight excluding hydrogens is 251 g/mol. The van der Waals surface area contributed by atoms with Gasteiger partial charge in [-0.1, -0.05) is 43.3 Å². The van der Waals surface area contributed by atoms with Crippen molar-refractivity contribution in [1.82, 2.24) is 5.32 Å². The molecule has 1 unspecified atom stereocenters. The van der Waals surface area contributed by atoms with Crippen LogP contribution < -0.4 is 5.32 Å². The van der Waals surface area contributed by atoms with Crippen molar-refractivity contribution in [1.29, 1.82) is 0 Å². The molecule has 0 saturated heterocycles. The Labute approximate surface area is 110 Å². The third kappa shape index (κ3) is 2.79. The maximum Gasteiger partial charge on any atom is 0.194 e. The predicted octanol–water partition coefficient (Wildman–Crippen LogP) is 3.80. The Morgan fingerprint density at radius 3 is 2.26 bits per heavy atom. The zero-order valence-corrected chi connectivity index (χ0v) is 10.5. The Bertz CT molecular complexity index is 555. The zero-order valence-electron chi connectivity index (χ0n) is 10.5. The van der Waals surface area contributed by atoms with Gasteiger partial charge < -0.3 is 5.32 Å². The number of hydrogen-bond acceptors (Lipinski definition) is 1. The van der Waals surface area contributed by atoms with Gasteiger partial charge in [-0.25, -0.2) is 13.2 Å². The van der Waals surface area contributed by atoms with Gasteiger partial charge in [-0.05, 0) is 18.2 Å². The van der Waals surface area contributed by atoms with Crippen molar-refractivity contribution < 1.29 is 13.2 Å². The molecule has 0 radical (unpaired) electrons. The van der Waals surface area contributed by atoms with Crippen molar-refractivity contribution in [2.45, 2.75) is 13.0 Å². The summed E-state index contributed by atoms with van der Waals surface area (Å²) in [6.45, 7) is 2.45. The maximum atomic E-state index is 13.9. The van der Waals surface area contributed by atoms with Gasteiger partial charge >= 0.3 is 0 Å². The average molecular weight is 265 g/mol. The van der Waals surface area contributed by atoms with Crippen LogP contribution >= 0.6 is 0 Å². The molecule has 0 spiro atoms. The van der Waals surface area contributed by atoms with E-state index >= 15 is 0 Å². The first-order valence-electron chi connectivity index (χ1n) is 6.06. The van der Waals surface area contributed by atoms with E-state index in [9.17, 15) is 13.2 Å². The van der Waals surface area contributed by atoms with E-state index in [2.05, 4.69) is 5.32 Å². The van der Waals surface area contributed by atoms with Gasteiger partial charge in [-0.2, -0.15) is 0 Å². The molecule has 0 fully saturated rings. The van der Waals surface area contributed by atoms with Gasteiger partial charge in [0.15, 0.2) is 17.5 Å². The molecule has 0 amide bonds. The van der Waals surface area contributed by atoms with Crippen LogP contribution in [0.5, 0.6) is 0 Å². The molecule has 2 aromatic carbocycles. The molecule has 4 heteroatoms. The van der Waals surface area contributed by atoms with Gasteiger partial charge in [0.25, 0.3) is 0 Å². The molecule has 0 bridgehead atoms. The highest BCUT2D eigenvalue weighted by Gasteiger charge is 2.21. The molecule has 0 aliphatic heterocycles. The fourth-order valence-electron chi connectivity index (χ4n) is 2.02. The third-order valence-corrected chi connectivity index (χ3v) is 2.92. The molecule has 1 atom stereocenters. The van der Waals surface area contributed by atoms with Crippen molar-refractivity contribution in [2.75, 3.05) is 6.54 Å². The van der Waals surface area contributed by atoms with E-state index in [0.717, 1.165) is 11.6 Å². The summed E-state index contributed by atoms with van der Waals surface area (Å²) in [5.41, 5.74) is 0.904. The monoisotopic (exact) mass is 265 g/mol. The standard InChI is InChI=1S/C15H14F3N/c1-2-19-15(10-6-4-3-5-7-10)11-8-9-12(16)14(18)13(11)17/h3-9,15,19H,2H2,1H3. The number of rotatable bonds is 4. The summed E-state index contributed by atoms with van der Waals surface area (Å²) in [7, 11) is 0. The van der Waals surface area contributed by atoms with Crippen molar-refractivity contribution in [2.24, 2.45) is 0 Å². The molecule has 0 aliphatic rings. The van der Waals surface area contributed by atoms with Crippen LogP contribution in [-0.4, -0.2) is 6.54 Å². The molecule has 0 aromatic heterocycles. The summed E-state index contributed by atoms with van der Waals surface area (Å²) < 4.78 is 40.2. The van der Waals surface area contributed by atoms with Crippen molar-refractivity contribution >= 4 is 0 Å². The first-order chi connectivity index (χ1) is 9.15. The topological polar surface area (TPSA) is 12.0 Å². The second-order valence-corrected chi connectivity index (χ2v) is 4.17. The Balaban J connectivity index is 2.49. The molecule has 0 heterocycles. The highest BCUT2D eigenvalue weighted by Crippen LogP contribution is 2.26. The summed E-state index contributed by atoms with van der Waals surface area (Å²) >= 11 is 0. The molecule has 2 aromatic rings. The van der Waals surface area contributed by atoms with Crippen molar-refractivity contribution in [3.05, 3.63) is 71.0 Å². The SMILES string of the molecule is CCNC(c1ccccc1)c1ccc(F)c(F)c1F. The molecule has 1 N–H and O–H groups in total. The second kappa shape index (κ2) is 5.89. The van der Waals surface area contributed by atoms with E-state index in [1.165, 1.54) is 6.07 Å². The quantitative estimate of drug-likeness (QED) is 0.829. The minimum atomic E-state index is -1.43. The zero-order chi connectivity index (χ0) is 13.8. The third-order valence-electron chi connectivity index (χ3n) is 2.92. The van der Waals surface area contributed by atoms with Crippen molar-refractivity contribution in [3.63, 3.8) is 0 Å². The Kier molecular flexibility index (Phi) is 4.22. The fourth-order valence-corrected chi connectivity index (χ4v) is 2.02. The summed E-state index contributed by atoms with van der Waals surface area (Å²) in [4.78, 5) is 0. The van der Waals surface area contributed by atoms with Crippen LogP contribution in [0.3, 0.4) is 0 Å². The summed E-state index contributed by atoms with van der Waals surface area (Å²) in [5.74, 6) is -3.75. The molecule has 19 heavy (non-hydrogen) atoms. The maximum absolute atomic E-state index is 13.9. The highest BCUT2D eigenvalue weighted by atomic mass is 19.2. The minimum absolute atomic E-state index is 0.104. The Hall–Kier alpha value is -1.81. The molecule has 0 saturated carbocycles. The van der Waals surface area contributed by atoms with Crippen LogP contribution in [0.1, 0.15) is 24.1 Å². The van der Waals surface area contributed by atoms with E-state index in [-0.39, 0.29) is 5.56 Å². The van der Waals surface area contributed by atoms with E-state index in [1.807, 2.05) is 37.3 Å².